The molecule has 1 atom stereocenters. The zero-order valence-electron chi connectivity index (χ0n) is 17.0. The average Bonchev–Trinajstić information content (AvgIpc) is 3.03. The maximum atomic E-state index is 13.0. The largest absolute Gasteiger partial charge is 0.489 e. The predicted octanol–water partition coefficient (Wildman–Crippen LogP) is 5.48. The monoisotopic (exact) mass is 394 g/mol. The lowest BCUT2D eigenvalue weighted by molar-refractivity contribution is 0.0744. The predicted molar refractivity (Wildman–Crippen MR) is 114 cm³/mol. The number of hydrogen-bond acceptors (Lipinski definition) is 4. The van der Waals surface area contributed by atoms with Crippen molar-refractivity contribution >= 4 is 17.2 Å². The number of aromatic nitrogens is 1. The summed E-state index contributed by atoms with van der Waals surface area (Å²) in [7, 11) is 1.84. The zero-order chi connectivity index (χ0) is 20.3. The van der Waals surface area contributed by atoms with Crippen molar-refractivity contribution in [3.05, 3.63) is 80.8 Å². The van der Waals surface area contributed by atoms with Gasteiger partial charge in [-0.05, 0) is 51.5 Å². The first kappa shape index (κ1) is 20.1. The van der Waals surface area contributed by atoms with Gasteiger partial charge < -0.3 is 9.64 Å². The zero-order valence-corrected chi connectivity index (χ0v) is 17.8. The molecule has 1 heterocycles. The summed E-state index contributed by atoms with van der Waals surface area (Å²) in [6.45, 7) is 8.56. The average molecular weight is 395 g/mol. The third kappa shape index (κ3) is 4.60. The third-order valence-corrected chi connectivity index (χ3v) is 6.03. The fourth-order valence-electron chi connectivity index (χ4n) is 3.18. The van der Waals surface area contributed by atoms with E-state index in [1.165, 1.54) is 5.56 Å². The van der Waals surface area contributed by atoms with E-state index in [9.17, 15) is 4.79 Å². The fourth-order valence-corrected chi connectivity index (χ4v) is 4.20. The number of thiazole rings is 1. The Kier molecular flexibility index (Phi) is 6.15. The standard InChI is InChI=1S/C23H26N2O2S/c1-15-8-6-9-19(12-15)14-27-21-11-7-10-20(13-21)23(26)25(5)17(3)22-16(2)24-18(4)28-22/h6-13,17H,14H2,1-5H3. The van der Waals surface area contributed by atoms with E-state index in [2.05, 4.69) is 24.0 Å². The van der Waals surface area contributed by atoms with Crippen LogP contribution in [0.2, 0.25) is 0 Å². The lowest BCUT2D eigenvalue weighted by Gasteiger charge is -2.24. The molecule has 0 saturated carbocycles. The molecule has 1 amide bonds. The Hall–Kier alpha value is -2.66. The van der Waals surface area contributed by atoms with Crippen LogP contribution in [0.25, 0.3) is 0 Å². The molecular weight excluding hydrogens is 368 g/mol. The molecule has 146 valence electrons. The van der Waals surface area contributed by atoms with Crippen LogP contribution in [0.5, 0.6) is 5.75 Å². The smallest absolute Gasteiger partial charge is 0.254 e. The molecule has 0 spiro atoms. The summed E-state index contributed by atoms with van der Waals surface area (Å²) >= 11 is 1.64. The van der Waals surface area contributed by atoms with Crippen LogP contribution in [0.4, 0.5) is 0 Å². The van der Waals surface area contributed by atoms with E-state index >= 15 is 0 Å². The maximum Gasteiger partial charge on any atom is 0.254 e. The topological polar surface area (TPSA) is 42.4 Å². The van der Waals surface area contributed by atoms with Gasteiger partial charge in [-0.3, -0.25) is 4.79 Å². The van der Waals surface area contributed by atoms with E-state index < -0.39 is 0 Å². The van der Waals surface area contributed by atoms with Gasteiger partial charge in [-0.1, -0.05) is 35.9 Å². The van der Waals surface area contributed by atoms with Gasteiger partial charge in [0.05, 0.1) is 16.7 Å². The van der Waals surface area contributed by atoms with Crippen LogP contribution in [0.15, 0.2) is 48.5 Å². The van der Waals surface area contributed by atoms with Crippen molar-refractivity contribution in [1.29, 1.82) is 0 Å². The van der Waals surface area contributed by atoms with Gasteiger partial charge in [-0.2, -0.15) is 0 Å². The Labute approximate surface area is 170 Å². The van der Waals surface area contributed by atoms with Gasteiger partial charge in [0.25, 0.3) is 5.91 Å². The number of ether oxygens (including phenoxy) is 1. The van der Waals surface area contributed by atoms with E-state index in [-0.39, 0.29) is 11.9 Å². The summed E-state index contributed by atoms with van der Waals surface area (Å²) < 4.78 is 5.91. The highest BCUT2D eigenvalue weighted by atomic mass is 32.1. The minimum atomic E-state index is -0.0319. The van der Waals surface area contributed by atoms with Crippen LogP contribution in [-0.4, -0.2) is 22.8 Å². The van der Waals surface area contributed by atoms with Crippen molar-refractivity contribution in [1.82, 2.24) is 9.88 Å². The summed E-state index contributed by atoms with van der Waals surface area (Å²) in [5.41, 5.74) is 3.92. The van der Waals surface area contributed by atoms with E-state index in [0.717, 1.165) is 21.1 Å². The highest BCUT2D eigenvalue weighted by Gasteiger charge is 2.22. The lowest BCUT2D eigenvalue weighted by atomic mass is 10.1. The molecule has 2 aromatic carbocycles. The van der Waals surface area contributed by atoms with Crippen molar-refractivity contribution in [2.75, 3.05) is 7.05 Å². The summed E-state index contributed by atoms with van der Waals surface area (Å²) in [6.07, 6.45) is 0. The van der Waals surface area contributed by atoms with Gasteiger partial charge in [0.15, 0.2) is 0 Å². The highest BCUT2D eigenvalue weighted by Crippen LogP contribution is 2.29. The number of nitrogens with zero attached hydrogens (tertiary/aromatic N) is 2. The molecule has 3 rings (SSSR count). The molecule has 3 aromatic rings. The van der Waals surface area contributed by atoms with Crippen molar-refractivity contribution < 1.29 is 9.53 Å². The van der Waals surface area contributed by atoms with Crippen LogP contribution in [0, 0.1) is 20.8 Å². The number of carbonyl (C=O) groups is 1. The number of hydrogen-bond donors (Lipinski definition) is 0. The molecule has 4 nitrogen and oxygen atoms in total. The van der Waals surface area contributed by atoms with Crippen LogP contribution in [-0.2, 0) is 6.61 Å². The van der Waals surface area contributed by atoms with Crippen molar-refractivity contribution in [3.8, 4) is 5.75 Å². The molecule has 0 aliphatic carbocycles. The van der Waals surface area contributed by atoms with Gasteiger partial charge in [0.2, 0.25) is 0 Å². The number of benzene rings is 2. The number of rotatable bonds is 6. The molecule has 1 unspecified atom stereocenters. The lowest BCUT2D eigenvalue weighted by Crippen LogP contribution is -2.29. The highest BCUT2D eigenvalue weighted by molar-refractivity contribution is 7.11. The van der Waals surface area contributed by atoms with E-state index in [1.807, 2.05) is 64.2 Å². The van der Waals surface area contributed by atoms with Crippen LogP contribution in [0.1, 0.15) is 50.0 Å². The molecule has 28 heavy (non-hydrogen) atoms. The summed E-state index contributed by atoms with van der Waals surface area (Å²) in [5.74, 6) is 0.664. The van der Waals surface area contributed by atoms with Crippen LogP contribution in [0.3, 0.4) is 0 Å². The fraction of sp³-hybridized carbons (Fsp3) is 0.304. The molecule has 0 aliphatic rings. The summed E-state index contributed by atoms with van der Waals surface area (Å²) in [4.78, 5) is 20.4. The number of amides is 1. The van der Waals surface area contributed by atoms with E-state index in [1.54, 1.807) is 16.2 Å². The molecule has 0 bridgehead atoms. The van der Waals surface area contributed by atoms with Gasteiger partial charge in [0.1, 0.15) is 12.4 Å². The van der Waals surface area contributed by atoms with Gasteiger partial charge in [0, 0.05) is 17.5 Å². The first-order valence-electron chi connectivity index (χ1n) is 9.34. The van der Waals surface area contributed by atoms with Crippen LogP contribution >= 0.6 is 11.3 Å². The van der Waals surface area contributed by atoms with Gasteiger partial charge >= 0.3 is 0 Å². The Balaban J connectivity index is 1.71. The normalized spacial score (nSPS) is 11.9. The molecule has 0 saturated heterocycles. The van der Waals surface area contributed by atoms with E-state index in [4.69, 9.17) is 4.74 Å². The van der Waals surface area contributed by atoms with Crippen molar-refractivity contribution in [2.45, 2.75) is 40.3 Å². The Morgan fingerprint density at radius 3 is 2.57 bits per heavy atom. The van der Waals surface area contributed by atoms with Gasteiger partial charge in [-0.15, -0.1) is 11.3 Å². The third-order valence-electron chi connectivity index (χ3n) is 4.79. The SMILES string of the molecule is Cc1cccc(COc2cccc(C(=O)N(C)C(C)c3sc(C)nc3C)c2)c1. The maximum absolute atomic E-state index is 13.0. The van der Waals surface area contributed by atoms with E-state index in [0.29, 0.717) is 17.9 Å². The molecule has 0 fully saturated rings. The Morgan fingerprint density at radius 1 is 1.14 bits per heavy atom. The second-order valence-electron chi connectivity index (χ2n) is 7.08. The Bertz CT molecular complexity index is 980. The molecule has 0 aliphatic heterocycles. The van der Waals surface area contributed by atoms with Crippen molar-refractivity contribution in [3.63, 3.8) is 0 Å². The molecule has 0 N–H and O–H groups in total. The second kappa shape index (κ2) is 8.57. The minimum Gasteiger partial charge on any atom is -0.489 e. The first-order valence-corrected chi connectivity index (χ1v) is 10.2. The second-order valence-corrected chi connectivity index (χ2v) is 8.31. The van der Waals surface area contributed by atoms with Crippen LogP contribution < -0.4 is 4.74 Å². The Morgan fingerprint density at radius 2 is 1.89 bits per heavy atom. The van der Waals surface area contributed by atoms with Crippen molar-refractivity contribution in [2.24, 2.45) is 0 Å². The molecule has 1 aromatic heterocycles. The molecule has 5 heteroatoms. The summed E-state index contributed by atoms with van der Waals surface area (Å²) in [5, 5.41) is 1.02. The summed E-state index contributed by atoms with van der Waals surface area (Å²) in [6, 6.07) is 15.6. The minimum absolute atomic E-state index is 0.0287. The molecule has 0 radical (unpaired) electrons. The van der Waals surface area contributed by atoms with Gasteiger partial charge in [-0.25, -0.2) is 4.98 Å². The number of carbonyl (C=O) groups excluding carboxylic acids is 1. The molecular formula is C23H26N2O2S. The number of aryl methyl sites for hydroxylation is 3. The quantitative estimate of drug-likeness (QED) is 0.556. The first-order chi connectivity index (χ1) is 13.3.